The van der Waals surface area contributed by atoms with Crippen molar-refractivity contribution in [1.29, 1.82) is 0 Å². The highest BCUT2D eigenvalue weighted by Gasteiger charge is 2.48. The monoisotopic (exact) mass is 338 g/mol. The van der Waals surface area contributed by atoms with Crippen LogP contribution in [0.1, 0.15) is 12.8 Å². The zero-order valence-corrected chi connectivity index (χ0v) is 10.1. The highest BCUT2D eigenvalue weighted by Crippen LogP contribution is 2.40. The highest BCUT2D eigenvalue weighted by atomic mass is 31.2. The third kappa shape index (κ3) is 6.82. The summed E-state index contributed by atoms with van der Waals surface area (Å²) < 4.78 is 111. The predicted molar refractivity (Wildman–Crippen MR) is 43.6 cm³/mol. The van der Waals surface area contributed by atoms with Crippen LogP contribution >= 0.6 is 7.82 Å². The molecule has 0 heterocycles. The zero-order chi connectivity index (χ0) is 16.4. The Kier molecular flexibility index (Phi) is 6.40. The lowest BCUT2D eigenvalue weighted by Crippen LogP contribution is -2.39. The molecule has 0 aliphatic heterocycles. The molecule has 0 bridgehead atoms. The topological polar surface area (TPSA) is 72.4 Å². The van der Waals surface area contributed by atoms with Crippen LogP contribution in [-0.4, -0.2) is 30.8 Å². The number of rotatable bonds is 8. The van der Waals surface area contributed by atoms with Gasteiger partial charge in [0.2, 0.25) is 0 Å². The van der Waals surface area contributed by atoms with Crippen LogP contribution in [0.25, 0.3) is 0 Å². The van der Waals surface area contributed by atoms with Crippen LogP contribution in [0.2, 0.25) is 0 Å². The standard InChI is InChI=1S/C7H9F8O4P/c8-4(9)6(12,13)1-3(19-20(16,17)18)2-7(14,15)5(10)11/h3-5H,1-2H2,(H2,16,17,18)/p-2. The molecule has 0 N–H and O–H groups in total. The maximum atomic E-state index is 12.6. The van der Waals surface area contributed by atoms with E-state index in [2.05, 4.69) is 4.52 Å². The van der Waals surface area contributed by atoms with Crippen LogP contribution in [0.4, 0.5) is 35.1 Å². The van der Waals surface area contributed by atoms with Crippen LogP contribution in [0, 0.1) is 0 Å². The molecule has 13 heteroatoms. The summed E-state index contributed by atoms with van der Waals surface area (Å²) in [6.45, 7) is 0. The van der Waals surface area contributed by atoms with Crippen molar-refractivity contribution in [3.8, 4) is 0 Å². The average molecular weight is 338 g/mol. The third-order valence-electron chi connectivity index (χ3n) is 1.92. The van der Waals surface area contributed by atoms with Gasteiger partial charge in [-0.05, 0) is 0 Å². The van der Waals surface area contributed by atoms with Crippen molar-refractivity contribution in [2.45, 2.75) is 43.6 Å². The van der Waals surface area contributed by atoms with E-state index in [0.29, 0.717) is 0 Å². The Morgan fingerprint density at radius 1 is 0.900 bits per heavy atom. The lowest BCUT2D eigenvalue weighted by atomic mass is 10.0. The molecule has 0 spiro atoms. The van der Waals surface area contributed by atoms with Gasteiger partial charge in [-0.2, -0.15) is 0 Å². The molecule has 0 aromatic carbocycles. The molecule has 0 amide bonds. The van der Waals surface area contributed by atoms with E-state index < -0.39 is 51.5 Å². The first-order valence-corrected chi connectivity index (χ1v) is 6.16. The summed E-state index contributed by atoms with van der Waals surface area (Å²) in [5.41, 5.74) is 0. The Labute approximate surface area is 107 Å². The lowest BCUT2D eigenvalue weighted by Gasteiger charge is -2.35. The van der Waals surface area contributed by atoms with Gasteiger partial charge in [-0.3, -0.25) is 0 Å². The van der Waals surface area contributed by atoms with E-state index in [1.165, 1.54) is 0 Å². The van der Waals surface area contributed by atoms with E-state index in [-0.39, 0.29) is 0 Å². The van der Waals surface area contributed by atoms with E-state index in [4.69, 9.17) is 0 Å². The van der Waals surface area contributed by atoms with Gasteiger partial charge in [0.25, 0.3) is 0 Å². The van der Waals surface area contributed by atoms with Gasteiger partial charge in [0.05, 0.1) is 13.9 Å². The molecule has 0 aliphatic rings. The summed E-state index contributed by atoms with van der Waals surface area (Å²) in [6, 6.07) is 0. The van der Waals surface area contributed by atoms with Crippen molar-refractivity contribution >= 4 is 7.82 Å². The first-order valence-electron chi connectivity index (χ1n) is 4.70. The van der Waals surface area contributed by atoms with Crippen LogP contribution in [0.3, 0.4) is 0 Å². The van der Waals surface area contributed by atoms with Gasteiger partial charge >= 0.3 is 24.7 Å². The van der Waals surface area contributed by atoms with E-state index in [1.54, 1.807) is 0 Å². The Morgan fingerprint density at radius 3 is 1.40 bits per heavy atom. The molecule has 0 aromatic heterocycles. The molecule has 0 atom stereocenters. The van der Waals surface area contributed by atoms with Crippen molar-refractivity contribution in [1.82, 2.24) is 0 Å². The van der Waals surface area contributed by atoms with Gasteiger partial charge in [0, 0.05) is 12.8 Å². The van der Waals surface area contributed by atoms with Gasteiger partial charge in [-0.25, -0.2) is 35.1 Å². The normalized spacial score (nSPS) is 14.7. The summed E-state index contributed by atoms with van der Waals surface area (Å²) in [5, 5.41) is 0. The summed E-state index contributed by atoms with van der Waals surface area (Å²) in [4.78, 5) is 20.3. The van der Waals surface area contributed by atoms with Crippen LogP contribution in [-0.2, 0) is 9.09 Å². The summed E-state index contributed by atoms with van der Waals surface area (Å²) >= 11 is 0. The number of hydrogen-bond acceptors (Lipinski definition) is 4. The minimum atomic E-state index is -6.11. The van der Waals surface area contributed by atoms with E-state index in [9.17, 15) is 49.5 Å². The van der Waals surface area contributed by atoms with E-state index in [1.807, 2.05) is 0 Å². The molecule has 0 radical (unpaired) electrons. The van der Waals surface area contributed by atoms with Crippen molar-refractivity contribution in [2.75, 3.05) is 0 Å². The third-order valence-corrected chi connectivity index (χ3v) is 2.47. The van der Waals surface area contributed by atoms with Gasteiger partial charge in [-0.1, -0.05) is 0 Å². The second-order valence-electron chi connectivity index (χ2n) is 3.71. The second-order valence-corrected chi connectivity index (χ2v) is 4.81. The minimum absolute atomic E-state index is 2.33. The fraction of sp³-hybridized carbons (Fsp3) is 1.00. The van der Waals surface area contributed by atoms with Crippen molar-refractivity contribution in [3.63, 3.8) is 0 Å². The maximum absolute atomic E-state index is 12.6. The highest BCUT2D eigenvalue weighted by molar-refractivity contribution is 7.43. The molecule has 4 nitrogen and oxygen atoms in total. The van der Waals surface area contributed by atoms with Crippen LogP contribution < -0.4 is 9.79 Å². The molecule has 0 aromatic rings. The summed E-state index contributed by atoms with van der Waals surface area (Å²) in [7, 11) is -6.11. The Bertz CT molecular complexity index is 335. The van der Waals surface area contributed by atoms with Crippen molar-refractivity contribution < 1.29 is 54.0 Å². The van der Waals surface area contributed by atoms with E-state index >= 15 is 0 Å². The molecular weight excluding hydrogens is 331 g/mol. The van der Waals surface area contributed by atoms with Crippen molar-refractivity contribution in [2.24, 2.45) is 0 Å². The first-order chi connectivity index (χ1) is 8.67. The molecule has 122 valence electrons. The summed E-state index contributed by atoms with van der Waals surface area (Å²) in [5.74, 6) is -9.98. The molecule has 0 aliphatic carbocycles. The lowest BCUT2D eigenvalue weighted by molar-refractivity contribution is -0.347. The molecule has 0 unspecified atom stereocenters. The van der Waals surface area contributed by atoms with Crippen LogP contribution in [0.5, 0.6) is 0 Å². The fourth-order valence-electron chi connectivity index (χ4n) is 1.11. The quantitative estimate of drug-likeness (QED) is 0.500. The van der Waals surface area contributed by atoms with Gasteiger partial charge in [0.1, 0.15) is 0 Å². The Hall–Kier alpha value is -0.450. The Balaban J connectivity index is 5.06. The van der Waals surface area contributed by atoms with Gasteiger partial charge in [-0.15, -0.1) is 0 Å². The number of alkyl halides is 8. The number of phosphoric ester groups is 1. The SMILES string of the molecule is O=P([O-])([O-])OC(CC(F)(F)C(F)F)CC(F)(F)C(F)F. The van der Waals surface area contributed by atoms with E-state index in [0.717, 1.165) is 0 Å². The maximum Gasteiger partial charge on any atom is 0.310 e. The minimum Gasteiger partial charge on any atom is -0.790 e. The fourth-order valence-corrected chi connectivity index (χ4v) is 1.63. The van der Waals surface area contributed by atoms with Crippen LogP contribution in [0.15, 0.2) is 0 Å². The second kappa shape index (κ2) is 6.54. The van der Waals surface area contributed by atoms with Gasteiger partial charge < -0.3 is 18.9 Å². The number of phosphoric acid groups is 1. The Morgan fingerprint density at radius 2 is 1.20 bits per heavy atom. The van der Waals surface area contributed by atoms with Crippen molar-refractivity contribution in [3.05, 3.63) is 0 Å². The molecule has 0 saturated carbocycles. The number of halogens is 8. The summed E-state index contributed by atoms with van der Waals surface area (Å²) in [6.07, 6.45) is -16.4. The molecule has 20 heavy (non-hydrogen) atoms. The molecule has 0 saturated heterocycles. The zero-order valence-electron chi connectivity index (χ0n) is 9.25. The first kappa shape index (κ1) is 19.6. The van der Waals surface area contributed by atoms with Gasteiger partial charge in [0.15, 0.2) is 0 Å². The molecule has 0 rings (SSSR count). The smallest absolute Gasteiger partial charge is 0.310 e. The largest absolute Gasteiger partial charge is 0.790 e. The predicted octanol–water partition coefficient (Wildman–Crippen LogP) is 1.78. The number of hydrogen-bond donors (Lipinski definition) is 0. The average Bonchev–Trinajstić information content (AvgIpc) is 2.11. The molecule has 0 fully saturated rings. The molecular formula is C7H7F8O4P-2.